The number of carbonyl (C=O) groups is 1. The van der Waals surface area contributed by atoms with Crippen molar-refractivity contribution in [3.63, 3.8) is 0 Å². The summed E-state index contributed by atoms with van der Waals surface area (Å²) in [6.07, 6.45) is 13.2. The molecule has 6 rings (SSSR count). The standard InChI is InChI=1S/C35H42N4O5S/c1-22-9-7-10-23(2)32(22)30-19-31(38-34(37-30)39-45(42,43)28-14-8-13-26(18-28)33(40)41)44-24(3)29(17-25-11-5-4-6-12-25)36-27-20-35(21-27)15-16-35/h7-10,13-14,17-19,24-25,27,36H,4-6,11-12,15-16,20-21H2,1-3H3,(H,40,41)(H,37,38,39)/b29-17+/t24-/m1/s1. The summed E-state index contributed by atoms with van der Waals surface area (Å²) in [5, 5.41) is 13.2. The zero-order valence-electron chi connectivity index (χ0n) is 26.2. The molecule has 0 unspecified atom stereocenters. The Morgan fingerprint density at radius 1 is 1.02 bits per heavy atom. The smallest absolute Gasteiger partial charge is 0.335 e. The van der Waals surface area contributed by atoms with Crippen LogP contribution < -0.4 is 14.8 Å². The molecule has 3 fully saturated rings. The maximum atomic E-state index is 13.4. The van der Waals surface area contributed by atoms with E-state index in [0.717, 1.165) is 28.5 Å². The molecule has 1 heterocycles. The number of benzene rings is 2. The Morgan fingerprint density at radius 2 is 1.71 bits per heavy atom. The predicted octanol–water partition coefficient (Wildman–Crippen LogP) is 7.02. The number of anilines is 1. The topological polar surface area (TPSA) is 131 Å². The van der Waals surface area contributed by atoms with Crippen LogP contribution in [0.5, 0.6) is 5.88 Å². The zero-order chi connectivity index (χ0) is 31.8. The van der Waals surface area contributed by atoms with Gasteiger partial charge in [-0.15, -0.1) is 0 Å². The van der Waals surface area contributed by atoms with Crippen molar-refractivity contribution in [3.05, 3.63) is 77.0 Å². The first-order valence-corrected chi connectivity index (χ1v) is 17.5. The number of allylic oxidation sites excluding steroid dienone is 1. The highest BCUT2D eigenvalue weighted by Gasteiger charge is 2.53. The zero-order valence-corrected chi connectivity index (χ0v) is 27.0. The van der Waals surface area contributed by atoms with Gasteiger partial charge in [0.25, 0.3) is 10.0 Å². The minimum atomic E-state index is -4.20. The highest BCUT2D eigenvalue weighted by atomic mass is 32.2. The molecule has 1 spiro atoms. The number of hydrogen-bond acceptors (Lipinski definition) is 7. The highest BCUT2D eigenvalue weighted by molar-refractivity contribution is 7.92. The van der Waals surface area contributed by atoms with E-state index in [1.165, 1.54) is 76.0 Å². The number of carboxylic acid groups (broad SMARTS) is 1. The minimum absolute atomic E-state index is 0.134. The lowest BCUT2D eigenvalue weighted by Crippen LogP contribution is -2.44. The molecule has 0 amide bonds. The molecule has 238 valence electrons. The van der Waals surface area contributed by atoms with E-state index >= 15 is 0 Å². The predicted molar refractivity (Wildman–Crippen MR) is 174 cm³/mol. The van der Waals surface area contributed by atoms with Gasteiger partial charge in [0, 0.05) is 23.4 Å². The lowest BCUT2D eigenvalue weighted by atomic mass is 9.76. The Hall–Kier alpha value is -3.92. The Morgan fingerprint density at radius 3 is 2.38 bits per heavy atom. The van der Waals surface area contributed by atoms with Gasteiger partial charge >= 0.3 is 5.97 Å². The van der Waals surface area contributed by atoms with Gasteiger partial charge < -0.3 is 15.2 Å². The number of aromatic nitrogens is 2. The van der Waals surface area contributed by atoms with Crippen LogP contribution in [0.1, 0.15) is 86.2 Å². The summed E-state index contributed by atoms with van der Waals surface area (Å²) in [4.78, 5) is 20.4. The van der Waals surface area contributed by atoms with Gasteiger partial charge in [-0.05, 0) is 100.0 Å². The van der Waals surface area contributed by atoms with Gasteiger partial charge in [-0.25, -0.2) is 22.9 Å². The molecule has 1 atom stereocenters. The number of ether oxygens (including phenoxy) is 1. The Bertz CT molecular complexity index is 1700. The fourth-order valence-electron chi connectivity index (χ4n) is 6.86. The number of rotatable bonds is 11. The summed E-state index contributed by atoms with van der Waals surface area (Å²) in [6.45, 7) is 5.97. The van der Waals surface area contributed by atoms with Crippen molar-refractivity contribution in [1.82, 2.24) is 15.3 Å². The Balaban J connectivity index is 1.32. The molecule has 3 aliphatic rings. The second kappa shape index (κ2) is 12.5. The SMILES string of the molecule is Cc1cccc(C)c1-c1cc(O[C@H](C)/C(=C\C2CCCCC2)NC2CC3(CC3)C2)nc(NS(=O)(=O)c2cccc(C(=O)O)c2)n1. The lowest BCUT2D eigenvalue weighted by molar-refractivity contribution is 0.0696. The van der Waals surface area contributed by atoms with Gasteiger partial charge in [-0.3, -0.25) is 0 Å². The summed E-state index contributed by atoms with van der Waals surface area (Å²) in [5.41, 5.74) is 4.85. The number of nitrogens with zero attached hydrogens (tertiary/aromatic N) is 2. The van der Waals surface area contributed by atoms with E-state index in [1.54, 1.807) is 6.07 Å². The van der Waals surface area contributed by atoms with E-state index in [0.29, 0.717) is 23.1 Å². The van der Waals surface area contributed by atoms with Crippen molar-refractivity contribution in [1.29, 1.82) is 0 Å². The number of carboxylic acids is 1. The number of hydrogen-bond donors (Lipinski definition) is 3. The minimum Gasteiger partial charge on any atom is -0.478 e. The molecule has 0 bridgehead atoms. The van der Waals surface area contributed by atoms with Crippen LogP contribution in [0.2, 0.25) is 0 Å². The molecular weight excluding hydrogens is 588 g/mol. The van der Waals surface area contributed by atoms with Crippen molar-refractivity contribution in [2.75, 3.05) is 4.72 Å². The first-order valence-electron chi connectivity index (χ1n) is 16.0. The fourth-order valence-corrected chi connectivity index (χ4v) is 7.85. The molecule has 9 nitrogen and oxygen atoms in total. The summed E-state index contributed by atoms with van der Waals surface area (Å²) in [5.74, 6) is -0.624. The molecule has 45 heavy (non-hydrogen) atoms. The number of aromatic carboxylic acids is 1. The first-order chi connectivity index (χ1) is 21.5. The summed E-state index contributed by atoms with van der Waals surface area (Å²) in [7, 11) is -4.20. The number of aryl methyl sites for hydroxylation is 2. The second-order valence-corrected chi connectivity index (χ2v) is 14.8. The molecule has 3 N–H and O–H groups in total. The lowest BCUT2D eigenvalue weighted by Gasteiger charge is -2.39. The molecule has 0 radical (unpaired) electrons. The maximum absolute atomic E-state index is 13.4. The third-order valence-electron chi connectivity index (χ3n) is 9.54. The van der Waals surface area contributed by atoms with Crippen LogP contribution in [0.3, 0.4) is 0 Å². The normalized spacial score (nSPS) is 19.0. The van der Waals surface area contributed by atoms with Crippen LogP contribution in [0.4, 0.5) is 5.95 Å². The molecular formula is C35H42N4O5S. The molecule has 10 heteroatoms. The molecule has 2 aromatic carbocycles. The van der Waals surface area contributed by atoms with Crippen molar-refractivity contribution >= 4 is 21.9 Å². The third-order valence-corrected chi connectivity index (χ3v) is 10.9. The second-order valence-electron chi connectivity index (χ2n) is 13.2. The molecule has 3 aliphatic carbocycles. The average Bonchev–Trinajstić information content (AvgIpc) is 3.78. The van der Waals surface area contributed by atoms with E-state index in [9.17, 15) is 18.3 Å². The summed E-state index contributed by atoms with van der Waals surface area (Å²) in [6, 6.07) is 13.3. The van der Waals surface area contributed by atoms with Crippen LogP contribution in [0.15, 0.2) is 65.2 Å². The summed E-state index contributed by atoms with van der Waals surface area (Å²) < 4.78 is 35.8. The van der Waals surface area contributed by atoms with Gasteiger partial charge in [-0.1, -0.05) is 49.6 Å². The van der Waals surface area contributed by atoms with Crippen LogP contribution in [0, 0.1) is 25.2 Å². The van der Waals surface area contributed by atoms with E-state index in [4.69, 9.17) is 4.74 Å². The van der Waals surface area contributed by atoms with E-state index in [1.807, 2.05) is 39.0 Å². The number of sulfonamides is 1. The molecule has 1 aromatic heterocycles. The van der Waals surface area contributed by atoms with E-state index < -0.39 is 16.0 Å². The molecule has 0 aliphatic heterocycles. The van der Waals surface area contributed by atoms with Crippen LogP contribution in [-0.4, -0.2) is 41.6 Å². The van der Waals surface area contributed by atoms with Crippen molar-refractivity contribution in [2.24, 2.45) is 11.3 Å². The Labute approximate surface area is 265 Å². The van der Waals surface area contributed by atoms with Crippen molar-refractivity contribution < 1.29 is 23.1 Å². The van der Waals surface area contributed by atoms with Crippen LogP contribution in [0.25, 0.3) is 11.3 Å². The van der Waals surface area contributed by atoms with Gasteiger partial charge in [0.15, 0.2) is 0 Å². The molecule has 3 aromatic rings. The van der Waals surface area contributed by atoms with Gasteiger partial charge in [0.2, 0.25) is 11.8 Å². The average molecular weight is 631 g/mol. The fraction of sp³-hybridized carbons (Fsp3) is 0.457. The van der Waals surface area contributed by atoms with Crippen LogP contribution in [-0.2, 0) is 10.0 Å². The first kappa shape index (κ1) is 31.1. The Kier molecular flexibility index (Phi) is 8.61. The van der Waals surface area contributed by atoms with Gasteiger partial charge in [-0.2, -0.15) is 4.98 Å². The quantitative estimate of drug-likeness (QED) is 0.206. The monoisotopic (exact) mass is 630 g/mol. The largest absolute Gasteiger partial charge is 0.478 e. The summed E-state index contributed by atoms with van der Waals surface area (Å²) >= 11 is 0. The maximum Gasteiger partial charge on any atom is 0.335 e. The highest BCUT2D eigenvalue weighted by Crippen LogP contribution is 2.60. The van der Waals surface area contributed by atoms with Gasteiger partial charge in [0.1, 0.15) is 6.10 Å². The molecule has 3 saturated carbocycles. The number of nitrogens with one attached hydrogen (secondary N) is 2. The van der Waals surface area contributed by atoms with E-state index in [2.05, 4.69) is 26.1 Å². The van der Waals surface area contributed by atoms with Crippen molar-refractivity contribution in [3.8, 4) is 17.1 Å². The third kappa shape index (κ3) is 7.16. The van der Waals surface area contributed by atoms with Crippen LogP contribution >= 0.6 is 0 Å². The van der Waals surface area contributed by atoms with E-state index in [-0.39, 0.29) is 28.4 Å². The van der Waals surface area contributed by atoms with Crippen molar-refractivity contribution in [2.45, 2.75) is 95.6 Å². The van der Waals surface area contributed by atoms with Gasteiger partial charge in [0.05, 0.1) is 16.2 Å². The molecule has 0 saturated heterocycles.